The van der Waals surface area contributed by atoms with Crippen molar-refractivity contribution in [2.75, 3.05) is 11.9 Å². The van der Waals surface area contributed by atoms with E-state index in [4.69, 9.17) is 27.8 Å². The zero-order valence-corrected chi connectivity index (χ0v) is 16.4. The second-order valence-electron chi connectivity index (χ2n) is 6.14. The minimum atomic E-state index is -4.62. The molecule has 0 unspecified atom stereocenters. The average Bonchev–Trinajstić information content (AvgIpc) is 2.71. The number of halogens is 4. The molecule has 0 spiro atoms. The lowest BCUT2D eigenvalue weighted by Crippen LogP contribution is -2.20. The number of ketones is 1. The van der Waals surface area contributed by atoms with E-state index in [2.05, 4.69) is 5.32 Å². The van der Waals surface area contributed by atoms with E-state index in [1.54, 1.807) is 24.3 Å². The molecule has 0 heterocycles. The second kappa shape index (κ2) is 10.1. The van der Waals surface area contributed by atoms with Gasteiger partial charge >= 0.3 is 6.18 Å². The van der Waals surface area contributed by atoms with Crippen molar-refractivity contribution in [2.24, 2.45) is 11.5 Å². The van der Waals surface area contributed by atoms with E-state index < -0.39 is 28.5 Å². The van der Waals surface area contributed by atoms with Gasteiger partial charge in [-0.1, -0.05) is 23.7 Å². The third-order valence-electron chi connectivity index (χ3n) is 3.96. The molecule has 1 amide bonds. The van der Waals surface area contributed by atoms with Crippen LogP contribution in [0.3, 0.4) is 0 Å². The summed E-state index contributed by atoms with van der Waals surface area (Å²) in [6, 6.07) is 9.73. The molecule has 0 saturated carbocycles. The molecular formula is C20H19ClF3N3O3. The number of alkyl halides is 3. The Morgan fingerprint density at radius 2 is 1.80 bits per heavy atom. The van der Waals surface area contributed by atoms with Crippen LogP contribution in [0.25, 0.3) is 0 Å². The van der Waals surface area contributed by atoms with Gasteiger partial charge in [-0.05, 0) is 42.3 Å². The van der Waals surface area contributed by atoms with Crippen molar-refractivity contribution in [1.29, 1.82) is 0 Å². The van der Waals surface area contributed by atoms with Gasteiger partial charge in [0.15, 0.2) is 5.76 Å². The molecule has 160 valence electrons. The van der Waals surface area contributed by atoms with Gasteiger partial charge in [0.1, 0.15) is 5.75 Å². The molecule has 2 rings (SSSR count). The number of anilines is 1. The van der Waals surface area contributed by atoms with E-state index in [1.165, 1.54) is 6.07 Å². The number of hydrogen-bond acceptors (Lipinski definition) is 5. The maximum Gasteiger partial charge on any atom is 0.417 e. The number of rotatable bonds is 8. The van der Waals surface area contributed by atoms with Gasteiger partial charge in [-0.2, -0.15) is 13.2 Å². The quantitative estimate of drug-likeness (QED) is 0.428. The smallest absolute Gasteiger partial charge is 0.417 e. The van der Waals surface area contributed by atoms with Gasteiger partial charge in [-0.25, -0.2) is 0 Å². The minimum absolute atomic E-state index is 0.00569. The lowest BCUT2D eigenvalue weighted by Gasteiger charge is -2.12. The Bertz CT molecular complexity index is 945. The fourth-order valence-electron chi connectivity index (χ4n) is 2.44. The van der Waals surface area contributed by atoms with E-state index in [0.717, 1.165) is 23.9 Å². The number of carbonyl (C=O) groups excluding carboxylic acids is 2. The number of nitrogens with one attached hydrogen (secondary N) is 1. The molecule has 2 aromatic rings. The van der Waals surface area contributed by atoms with Crippen LogP contribution in [0.4, 0.5) is 18.9 Å². The van der Waals surface area contributed by atoms with Crippen LogP contribution >= 0.6 is 11.6 Å². The molecule has 30 heavy (non-hydrogen) atoms. The highest BCUT2D eigenvalue weighted by atomic mass is 35.5. The van der Waals surface area contributed by atoms with Crippen molar-refractivity contribution < 1.29 is 27.5 Å². The zero-order chi connectivity index (χ0) is 22.3. The zero-order valence-electron chi connectivity index (χ0n) is 15.6. The number of nitrogens with two attached hydrogens (primary N) is 2. The molecular weight excluding hydrogens is 423 g/mol. The van der Waals surface area contributed by atoms with E-state index in [9.17, 15) is 22.8 Å². The molecule has 0 aliphatic rings. The Labute approximate surface area is 175 Å². The maximum atomic E-state index is 12.9. The van der Waals surface area contributed by atoms with Crippen molar-refractivity contribution in [3.8, 4) is 5.75 Å². The summed E-state index contributed by atoms with van der Waals surface area (Å²) < 4.78 is 44.0. The molecule has 0 aliphatic carbocycles. The molecule has 0 bridgehead atoms. The third kappa shape index (κ3) is 6.50. The van der Waals surface area contributed by atoms with E-state index in [1.807, 2.05) is 0 Å². The Kier molecular flexibility index (Phi) is 7.85. The summed E-state index contributed by atoms with van der Waals surface area (Å²) in [5, 5.41) is 1.98. The fourth-order valence-corrected chi connectivity index (χ4v) is 2.66. The normalized spacial score (nSPS) is 11.8. The molecule has 0 atom stereocenters. The predicted molar refractivity (Wildman–Crippen MR) is 107 cm³/mol. The van der Waals surface area contributed by atoms with Crippen LogP contribution in [-0.2, 0) is 22.2 Å². The minimum Gasteiger partial charge on any atom is -0.452 e. The highest BCUT2D eigenvalue weighted by molar-refractivity contribution is 6.31. The van der Waals surface area contributed by atoms with Crippen LogP contribution < -0.4 is 21.5 Å². The first-order chi connectivity index (χ1) is 14.1. The van der Waals surface area contributed by atoms with Crippen LogP contribution in [0.2, 0.25) is 5.02 Å². The van der Waals surface area contributed by atoms with Crippen molar-refractivity contribution in [1.82, 2.24) is 0 Å². The van der Waals surface area contributed by atoms with Crippen molar-refractivity contribution >= 4 is 29.0 Å². The van der Waals surface area contributed by atoms with Gasteiger partial charge in [0, 0.05) is 18.3 Å². The van der Waals surface area contributed by atoms with E-state index >= 15 is 0 Å². The number of hydrogen-bond donors (Lipinski definition) is 3. The lowest BCUT2D eigenvalue weighted by molar-refractivity contribution is -0.137. The van der Waals surface area contributed by atoms with Gasteiger partial charge in [-0.15, -0.1) is 0 Å². The van der Waals surface area contributed by atoms with Gasteiger partial charge in [0.25, 0.3) is 0 Å². The SMILES string of the molecule is NC=C(Oc1ccc(CCC(=O)Nc2ccc(Cl)c(C(F)(F)F)c2)cc1)C(=O)CN. The predicted octanol–water partition coefficient (Wildman–Crippen LogP) is 3.64. The number of benzene rings is 2. The molecule has 5 N–H and O–H groups in total. The van der Waals surface area contributed by atoms with Gasteiger partial charge < -0.3 is 21.5 Å². The summed E-state index contributed by atoms with van der Waals surface area (Å²) in [5.74, 6) is -0.616. The van der Waals surface area contributed by atoms with Crippen LogP contribution in [0, 0.1) is 0 Å². The monoisotopic (exact) mass is 441 g/mol. The number of aryl methyl sites for hydroxylation is 1. The molecule has 0 saturated heterocycles. The van der Waals surface area contributed by atoms with Gasteiger partial charge in [0.05, 0.1) is 17.1 Å². The summed E-state index contributed by atoms with van der Waals surface area (Å²) in [5.41, 5.74) is 10.4. The van der Waals surface area contributed by atoms with Crippen molar-refractivity contribution in [3.05, 3.63) is 70.6 Å². The summed E-state index contributed by atoms with van der Waals surface area (Å²) in [6.45, 7) is -0.242. The topological polar surface area (TPSA) is 107 Å². The van der Waals surface area contributed by atoms with Crippen LogP contribution in [-0.4, -0.2) is 18.2 Å². The molecule has 2 aromatic carbocycles. The molecule has 0 aromatic heterocycles. The van der Waals surface area contributed by atoms with Crippen LogP contribution in [0.5, 0.6) is 5.75 Å². The lowest BCUT2D eigenvalue weighted by atomic mass is 10.1. The number of ether oxygens (including phenoxy) is 1. The Morgan fingerprint density at radius 1 is 1.13 bits per heavy atom. The van der Waals surface area contributed by atoms with Crippen molar-refractivity contribution in [3.63, 3.8) is 0 Å². The second-order valence-corrected chi connectivity index (χ2v) is 6.55. The molecule has 0 radical (unpaired) electrons. The van der Waals surface area contributed by atoms with Crippen LogP contribution in [0.1, 0.15) is 17.5 Å². The molecule has 10 heteroatoms. The number of Topliss-reactive ketones (excluding diaryl/α,β-unsaturated/α-hetero) is 1. The first-order valence-electron chi connectivity index (χ1n) is 8.72. The Morgan fingerprint density at radius 3 is 2.37 bits per heavy atom. The van der Waals surface area contributed by atoms with Crippen molar-refractivity contribution in [2.45, 2.75) is 19.0 Å². The summed E-state index contributed by atoms with van der Waals surface area (Å²) in [4.78, 5) is 23.6. The Balaban J connectivity index is 1.93. The largest absolute Gasteiger partial charge is 0.452 e. The Hall–Kier alpha value is -3.04. The molecule has 0 fully saturated rings. The summed E-state index contributed by atoms with van der Waals surface area (Å²) in [7, 11) is 0. The highest BCUT2D eigenvalue weighted by Gasteiger charge is 2.33. The van der Waals surface area contributed by atoms with Crippen LogP contribution in [0.15, 0.2) is 54.4 Å². The van der Waals surface area contributed by atoms with E-state index in [-0.39, 0.29) is 24.4 Å². The van der Waals surface area contributed by atoms with Gasteiger partial charge in [0.2, 0.25) is 11.7 Å². The highest BCUT2D eigenvalue weighted by Crippen LogP contribution is 2.36. The fraction of sp³-hybridized carbons (Fsp3) is 0.200. The molecule has 6 nitrogen and oxygen atoms in total. The number of carbonyl (C=O) groups is 2. The molecule has 0 aliphatic heterocycles. The standard InChI is InChI=1S/C20H19ClF3N3O3/c21-16-7-4-13(9-15(16)20(22,23)24)27-19(29)8-3-12-1-5-14(6-2-12)30-18(11-26)17(28)10-25/h1-2,4-7,9,11H,3,8,10,25-26H2,(H,27,29). The first kappa shape index (κ1) is 23.2. The summed E-state index contributed by atoms with van der Waals surface area (Å²) >= 11 is 5.56. The van der Waals surface area contributed by atoms with Gasteiger partial charge in [-0.3, -0.25) is 9.59 Å². The summed E-state index contributed by atoms with van der Waals surface area (Å²) in [6.07, 6.45) is -3.21. The average molecular weight is 442 g/mol. The third-order valence-corrected chi connectivity index (χ3v) is 4.29. The maximum absolute atomic E-state index is 12.9. The number of amides is 1. The first-order valence-corrected chi connectivity index (χ1v) is 9.10. The van der Waals surface area contributed by atoms with E-state index in [0.29, 0.717) is 12.2 Å².